The van der Waals surface area contributed by atoms with E-state index in [0.29, 0.717) is 18.7 Å². The molecule has 0 bridgehead atoms. The molecule has 0 fully saturated rings. The van der Waals surface area contributed by atoms with Crippen LogP contribution in [0.15, 0.2) is 48.5 Å². The standard InChI is InChI=1S/C23H30ClN3O5S/c1-5-25-23(29)17(2)26(14-13-18-9-7-6-8-10-18)22(28)16-27(33(4,30)31)19-11-12-21(32-3)20(24)15-19/h6-12,15,17H,5,13-14,16H2,1-4H3,(H,25,29). The number of nitrogens with zero attached hydrogens (tertiary/aromatic N) is 2. The molecule has 0 aromatic heterocycles. The number of hydrogen-bond acceptors (Lipinski definition) is 5. The lowest BCUT2D eigenvalue weighted by atomic mass is 10.1. The minimum Gasteiger partial charge on any atom is -0.495 e. The predicted molar refractivity (Wildman–Crippen MR) is 130 cm³/mol. The third kappa shape index (κ3) is 7.36. The Morgan fingerprint density at radius 1 is 1.15 bits per heavy atom. The molecule has 1 N–H and O–H groups in total. The maximum absolute atomic E-state index is 13.3. The second-order valence-electron chi connectivity index (χ2n) is 7.48. The van der Waals surface area contributed by atoms with Gasteiger partial charge in [0.25, 0.3) is 0 Å². The van der Waals surface area contributed by atoms with Crippen molar-refractivity contribution in [3.8, 4) is 5.75 Å². The zero-order chi connectivity index (χ0) is 24.6. The van der Waals surface area contributed by atoms with Crippen LogP contribution in [-0.4, -0.2) is 64.2 Å². The first-order chi connectivity index (χ1) is 15.6. The van der Waals surface area contributed by atoms with E-state index in [2.05, 4.69) is 5.32 Å². The molecule has 33 heavy (non-hydrogen) atoms. The molecule has 2 aromatic carbocycles. The molecule has 0 saturated heterocycles. The van der Waals surface area contributed by atoms with Crippen LogP contribution in [0.3, 0.4) is 0 Å². The first-order valence-corrected chi connectivity index (χ1v) is 12.7. The van der Waals surface area contributed by atoms with Gasteiger partial charge >= 0.3 is 0 Å². The molecule has 10 heteroatoms. The summed E-state index contributed by atoms with van der Waals surface area (Å²) in [4.78, 5) is 27.2. The molecule has 1 unspecified atom stereocenters. The quantitative estimate of drug-likeness (QED) is 0.517. The second kappa shape index (κ2) is 11.9. The minimum atomic E-state index is -3.82. The van der Waals surface area contributed by atoms with Crippen molar-refractivity contribution < 1.29 is 22.7 Å². The fraction of sp³-hybridized carbons (Fsp3) is 0.391. The van der Waals surface area contributed by atoms with Gasteiger partial charge in [-0.1, -0.05) is 41.9 Å². The number of ether oxygens (including phenoxy) is 1. The maximum Gasteiger partial charge on any atom is 0.244 e. The minimum absolute atomic E-state index is 0.215. The first-order valence-electron chi connectivity index (χ1n) is 10.5. The molecule has 0 aliphatic carbocycles. The zero-order valence-corrected chi connectivity index (χ0v) is 20.8. The van der Waals surface area contributed by atoms with Crippen LogP contribution in [-0.2, 0) is 26.0 Å². The molecule has 180 valence electrons. The number of hydrogen-bond donors (Lipinski definition) is 1. The first kappa shape index (κ1) is 26.5. The number of rotatable bonds is 11. The summed E-state index contributed by atoms with van der Waals surface area (Å²) >= 11 is 6.17. The zero-order valence-electron chi connectivity index (χ0n) is 19.2. The third-order valence-corrected chi connectivity index (χ3v) is 6.54. The number of benzene rings is 2. The van der Waals surface area contributed by atoms with Crippen LogP contribution in [0.5, 0.6) is 5.75 Å². The van der Waals surface area contributed by atoms with Gasteiger partial charge in [0.15, 0.2) is 0 Å². The van der Waals surface area contributed by atoms with Crippen LogP contribution < -0.4 is 14.4 Å². The van der Waals surface area contributed by atoms with Gasteiger partial charge in [-0.3, -0.25) is 13.9 Å². The van der Waals surface area contributed by atoms with Crippen molar-refractivity contribution in [2.24, 2.45) is 0 Å². The normalized spacial score (nSPS) is 12.0. The van der Waals surface area contributed by atoms with E-state index in [1.165, 1.54) is 30.2 Å². The summed E-state index contributed by atoms with van der Waals surface area (Å²) in [5.74, 6) is -0.422. The van der Waals surface area contributed by atoms with Gasteiger partial charge in [-0.05, 0) is 44.0 Å². The highest BCUT2D eigenvalue weighted by Gasteiger charge is 2.29. The van der Waals surface area contributed by atoms with Gasteiger partial charge in [0.2, 0.25) is 21.8 Å². The lowest BCUT2D eigenvalue weighted by molar-refractivity contribution is -0.138. The summed E-state index contributed by atoms with van der Waals surface area (Å²) in [6, 6.07) is 13.3. The van der Waals surface area contributed by atoms with E-state index < -0.39 is 28.5 Å². The van der Waals surface area contributed by atoms with E-state index in [9.17, 15) is 18.0 Å². The van der Waals surface area contributed by atoms with E-state index in [1.807, 2.05) is 30.3 Å². The summed E-state index contributed by atoms with van der Waals surface area (Å²) in [6.45, 7) is 3.62. The highest BCUT2D eigenvalue weighted by molar-refractivity contribution is 7.92. The van der Waals surface area contributed by atoms with Crippen LogP contribution in [0.2, 0.25) is 5.02 Å². The molecule has 8 nitrogen and oxygen atoms in total. The molecule has 0 radical (unpaired) electrons. The number of carbonyl (C=O) groups excluding carboxylic acids is 2. The van der Waals surface area contributed by atoms with Gasteiger partial charge in [0.05, 0.1) is 24.1 Å². The smallest absolute Gasteiger partial charge is 0.244 e. The van der Waals surface area contributed by atoms with Crippen molar-refractivity contribution >= 4 is 39.1 Å². The average molecular weight is 496 g/mol. The summed E-state index contributed by atoms with van der Waals surface area (Å²) in [5.41, 5.74) is 1.23. The van der Waals surface area contributed by atoms with Crippen molar-refractivity contribution in [2.45, 2.75) is 26.3 Å². The van der Waals surface area contributed by atoms with E-state index in [0.717, 1.165) is 16.1 Å². The Labute approximate surface area is 200 Å². The second-order valence-corrected chi connectivity index (χ2v) is 9.80. The van der Waals surface area contributed by atoms with Crippen LogP contribution in [0.1, 0.15) is 19.4 Å². The molecule has 2 aromatic rings. The number of amides is 2. The maximum atomic E-state index is 13.3. The van der Waals surface area contributed by atoms with E-state index in [-0.39, 0.29) is 23.2 Å². The molecule has 0 spiro atoms. The summed E-state index contributed by atoms with van der Waals surface area (Å²) in [7, 11) is -2.37. The molecule has 0 aliphatic rings. The molecule has 0 heterocycles. The van der Waals surface area contributed by atoms with Crippen LogP contribution in [0.25, 0.3) is 0 Å². The van der Waals surface area contributed by atoms with Gasteiger partial charge in [-0.2, -0.15) is 0 Å². The highest BCUT2D eigenvalue weighted by atomic mass is 35.5. The Morgan fingerprint density at radius 2 is 1.82 bits per heavy atom. The van der Waals surface area contributed by atoms with Gasteiger partial charge in [0, 0.05) is 13.1 Å². The molecular formula is C23H30ClN3O5S. The van der Waals surface area contributed by atoms with E-state index >= 15 is 0 Å². The molecule has 1 atom stereocenters. The van der Waals surface area contributed by atoms with Gasteiger partial charge in [-0.15, -0.1) is 0 Å². The number of nitrogens with one attached hydrogen (secondary N) is 1. The summed E-state index contributed by atoms with van der Waals surface area (Å²) in [5, 5.41) is 2.93. The van der Waals surface area contributed by atoms with Crippen molar-refractivity contribution in [1.82, 2.24) is 10.2 Å². The van der Waals surface area contributed by atoms with Gasteiger partial charge < -0.3 is 15.0 Å². The molecule has 0 aliphatic heterocycles. The number of anilines is 1. The molecule has 0 saturated carbocycles. The Balaban J connectivity index is 2.32. The van der Waals surface area contributed by atoms with Gasteiger partial charge in [0.1, 0.15) is 18.3 Å². The number of carbonyl (C=O) groups is 2. The van der Waals surface area contributed by atoms with Crippen LogP contribution >= 0.6 is 11.6 Å². The van der Waals surface area contributed by atoms with Crippen LogP contribution in [0.4, 0.5) is 5.69 Å². The Kier molecular flexibility index (Phi) is 9.55. The monoisotopic (exact) mass is 495 g/mol. The fourth-order valence-electron chi connectivity index (χ4n) is 3.32. The fourth-order valence-corrected chi connectivity index (χ4v) is 4.41. The van der Waals surface area contributed by atoms with Crippen molar-refractivity contribution in [3.05, 3.63) is 59.1 Å². The SMILES string of the molecule is CCNC(=O)C(C)N(CCc1ccccc1)C(=O)CN(c1ccc(OC)c(Cl)c1)S(C)(=O)=O. The van der Waals surface area contributed by atoms with Gasteiger partial charge in [-0.25, -0.2) is 8.42 Å². The summed E-state index contributed by atoms with van der Waals surface area (Å²) in [6.07, 6.45) is 1.53. The van der Waals surface area contributed by atoms with Crippen molar-refractivity contribution in [3.63, 3.8) is 0 Å². The Hall–Kier alpha value is -2.78. The predicted octanol–water partition coefficient (Wildman–Crippen LogP) is 2.71. The van der Waals surface area contributed by atoms with Crippen LogP contribution in [0, 0.1) is 0 Å². The number of sulfonamides is 1. The molecular weight excluding hydrogens is 466 g/mol. The molecule has 2 rings (SSSR count). The molecule has 2 amide bonds. The van der Waals surface area contributed by atoms with Crippen molar-refractivity contribution in [2.75, 3.05) is 37.3 Å². The van der Waals surface area contributed by atoms with Crippen molar-refractivity contribution in [1.29, 1.82) is 0 Å². The van der Waals surface area contributed by atoms with E-state index in [4.69, 9.17) is 16.3 Å². The lowest BCUT2D eigenvalue weighted by Crippen LogP contribution is -2.52. The van der Waals surface area contributed by atoms with E-state index in [1.54, 1.807) is 13.8 Å². The summed E-state index contributed by atoms with van der Waals surface area (Å²) < 4.78 is 31.2. The Morgan fingerprint density at radius 3 is 2.36 bits per heavy atom. The number of likely N-dealkylation sites (N-methyl/N-ethyl adjacent to an activating group) is 1. The highest BCUT2D eigenvalue weighted by Crippen LogP contribution is 2.30. The largest absolute Gasteiger partial charge is 0.495 e. The Bertz CT molecular complexity index is 1060. The third-order valence-electron chi connectivity index (χ3n) is 5.11. The number of halogens is 1. The topological polar surface area (TPSA) is 96.0 Å². The number of methoxy groups -OCH3 is 1. The average Bonchev–Trinajstić information content (AvgIpc) is 2.77. The lowest BCUT2D eigenvalue weighted by Gasteiger charge is -2.31.